The van der Waals surface area contributed by atoms with Crippen LogP contribution in [-0.4, -0.2) is 54.4 Å². The third-order valence-corrected chi connectivity index (χ3v) is 5.32. The molecule has 0 bridgehead atoms. The van der Waals surface area contributed by atoms with Crippen molar-refractivity contribution in [3.05, 3.63) is 29.8 Å². The van der Waals surface area contributed by atoms with E-state index < -0.39 is 6.10 Å². The molecular weight excluding hydrogens is 318 g/mol. The maximum absolute atomic E-state index is 12.6. The average Bonchev–Trinajstić information content (AvgIpc) is 2.67. The number of phenols is 1. The van der Waals surface area contributed by atoms with E-state index in [9.17, 15) is 9.90 Å². The van der Waals surface area contributed by atoms with Crippen LogP contribution in [0.4, 0.5) is 0 Å². The van der Waals surface area contributed by atoms with E-state index in [2.05, 4.69) is 0 Å². The fourth-order valence-corrected chi connectivity index (χ4v) is 3.70. The quantitative estimate of drug-likeness (QED) is 0.889. The summed E-state index contributed by atoms with van der Waals surface area (Å²) in [4.78, 5) is 14.5. The highest BCUT2D eigenvalue weighted by molar-refractivity contribution is 5.80. The molecule has 1 amide bonds. The third kappa shape index (κ3) is 4.95. The average molecular weight is 347 g/mol. The SMILES string of the molecule is C[C@H](OC[C@H]1CCCCO1)C(=O)N1CCC(c2ccc(O)cc2)CC1. The Kier molecular flexibility index (Phi) is 6.32. The van der Waals surface area contributed by atoms with E-state index in [1.165, 1.54) is 12.0 Å². The maximum atomic E-state index is 12.6. The van der Waals surface area contributed by atoms with Gasteiger partial charge in [-0.05, 0) is 62.6 Å². The summed E-state index contributed by atoms with van der Waals surface area (Å²) in [5.41, 5.74) is 1.24. The Hall–Kier alpha value is -1.59. The molecule has 3 rings (SSSR count). The first-order valence-electron chi connectivity index (χ1n) is 9.44. The predicted octanol–water partition coefficient (Wildman–Crippen LogP) is 3.07. The molecule has 1 aromatic rings. The summed E-state index contributed by atoms with van der Waals surface area (Å²) < 4.78 is 11.4. The zero-order chi connectivity index (χ0) is 17.6. The van der Waals surface area contributed by atoms with Crippen LogP contribution in [-0.2, 0) is 14.3 Å². The van der Waals surface area contributed by atoms with Crippen LogP contribution in [0.3, 0.4) is 0 Å². The van der Waals surface area contributed by atoms with Gasteiger partial charge in [0.15, 0.2) is 0 Å². The van der Waals surface area contributed by atoms with E-state index in [0.29, 0.717) is 18.3 Å². The predicted molar refractivity (Wildman–Crippen MR) is 95.7 cm³/mol. The normalized spacial score (nSPS) is 23.4. The zero-order valence-electron chi connectivity index (χ0n) is 15.0. The third-order valence-electron chi connectivity index (χ3n) is 5.32. The number of nitrogens with zero attached hydrogens (tertiary/aromatic N) is 1. The number of carbonyl (C=O) groups excluding carboxylic acids is 1. The Balaban J connectivity index is 1.43. The van der Waals surface area contributed by atoms with Gasteiger partial charge in [0, 0.05) is 19.7 Å². The van der Waals surface area contributed by atoms with Crippen LogP contribution in [0, 0.1) is 0 Å². The highest BCUT2D eigenvalue weighted by Gasteiger charge is 2.27. The minimum Gasteiger partial charge on any atom is -0.508 e. The van der Waals surface area contributed by atoms with Crippen molar-refractivity contribution in [2.45, 2.75) is 57.2 Å². The molecule has 1 N–H and O–H groups in total. The number of phenolic OH excluding ortho intramolecular Hbond substituents is 1. The van der Waals surface area contributed by atoms with Crippen molar-refractivity contribution in [3.8, 4) is 5.75 Å². The van der Waals surface area contributed by atoms with Crippen LogP contribution >= 0.6 is 0 Å². The minimum absolute atomic E-state index is 0.0833. The minimum atomic E-state index is -0.407. The molecule has 25 heavy (non-hydrogen) atoms. The topological polar surface area (TPSA) is 59.0 Å². The number of benzene rings is 1. The van der Waals surface area contributed by atoms with Gasteiger partial charge in [-0.15, -0.1) is 0 Å². The number of ether oxygens (including phenoxy) is 2. The van der Waals surface area contributed by atoms with Crippen molar-refractivity contribution >= 4 is 5.91 Å². The monoisotopic (exact) mass is 347 g/mol. The highest BCUT2D eigenvalue weighted by Crippen LogP contribution is 2.29. The Bertz CT molecular complexity index is 545. The molecule has 2 aliphatic heterocycles. The van der Waals surface area contributed by atoms with Crippen LogP contribution in [0.1, 0.15) is 50.5 Å². The number of rotatable bonds is 5. The molecule has 5 nitrogen and oxygen atoms in total. The standard InChI is InChI=1S/C20H29NO4/c1-15(25-14-19-4-2-3-13-24-19)20(23)21-11-9-17(10-12-21)16-5-7-18(22)8-6-16/h5-8,15,17,19,22H,2-4,9-14H2,1H3/t15-,19+/m0/s1. The number of hydrogen-bond donors (Lipinski definition) is 1. The first-order valence-corrected chi connectivity index (χ1v) is 9.44. The van der Waals surface area contributed by atoms with Crippen LogP contribution in [0.2, 0.25) is 0 Å². The van der Waals surface area contributed by atoms with Crippen LogP contribution in [0.5, 0.6) is 5.75 Å². The molecule has 2 saturated heterocycles. The summed E-state index contributed by atoms with van der Waals surface area (Å²) in [6, 6.07) is 7.42. The zero-order valence-corrected chi connectivity index (χ0v) is 15.0. The second-order valence-corrected chi connectivity index (χ2v) is 7.16. The molecule has 2 atom stereocenters. The van der Waals surface area contributed by atoms with E-state index in [-0.39, 0.29) is 12.0 Å². The summed E-state index contributed by atoms with van der Waals surface area (Å²) in [5, 5.41) is 9.40. The first kappa shape index (κ1) is 18.2. The van der Waals surface area contributed by atoms with E-state index in [4.69, 9.17) is 9.47 Å². The molecule has 0 spiro atoms. The van der Waals surface area contributed by atoms with E-state index in [1.54, 1.807) is 12.1 Å². The van der Waals surface area contributed by atoms with E-state index >= 15 is 0 Å². The molecule has 2 aliphatic rings. The molecule has 2 fully saturated rings. The fourth-order valence-electron chi connectivity index (χ4n) is 3.70. The molecule has 0 unspecified atom stereocenters. The lowest BCUT2D eigenvalue weighted by molar-refractivity contribution is -0.147. The van der Waals surface area contributed by atoms with Gasteiger partial charge in [0.05, 0.1) is 12.7 Å². The molecule has 138 valence electrons. The lowest BCUT2D eigenvalue weighted by Gasteiger charge is -2.34. The second-order valence-electron chi connectivity index (χ2n) is 7.16. The summed E-state index contributed by atoms with van der Waals surface area (Å²) in [6.07, 6.45) is 4.98. The van der Waals surface area contributed by atoms with Gasteiger partial charge < -0.3 is 19.5 Å². The number of hydrogen-bond acceptors (Lipinski definition) is 4. The molecule has 0 saturated carbocycles. The number of likely N-dealkylation sites (tertiary alicyclic amines) is 1. The Morgan fingerprint density at radius 2 is 1.96 bits per heavy atom. The van der Waals surface area contributed by atoms with E-state index in [0.717, 1.165) is 45.4 Å². The van der Waals surface area contributed by atoms with Crippen molar-refractivity contribution < 1.29 is 19.4 Å². The van der Waals surface area contributed by atoms with Crippen molar-refractivity contribution in [2.24, 2.45) is 0 Å². The largest absolute Gasteiger partial charge is 0.508 e. The number of carbonyl (C=O) groups is 1. The Morgan fingerprint density at radius 1 is 1.24 bits per heavy atom. The number of amides is 1. The Labute approximate surface area is 149 Å². The second kappa shape index (κ2) is 8.68. The molecule has 2 heterocycles. The van der Waals surface area contributed by atoms with E-state index in [1.807, 2.05) is 24.0 Å². The van der Waals surface area contributed by atoms with Gasteiger partial charge in [0.25, 0.3) is 5.91 Å². The van der Waals surface area contributed by atoms with Gasteiger partial charge in [0.1, 0.15) is 11.9 Å². The van der Waals surface area contributed by atoms with Gasteiger partial charge in [-0.25, -0.2) is 0 Å². The lowest BCUT2D eigenvalue weighted by atomic mass is 9.89. The molecule has 1 aromatic carbocycles. The van der Waals surface area contributed by atoms with Gasteiger partial charge >= 0.3 is 0 Å². The first-order chi connectivity index (χ1) is 12.1. The molecule has 0 aliphatic carbocycles. The van der Waals surface area contributed by atoms with Crippen LogP contribution < -0.4 is 0 Å². The highest BCUT2D eigenvalue weighted by atomic mass is 16.5. The van der Waals surface area contributed by atoms with Crippen molar-refractivity contribution in [2.75, 3.05) is 26.3 Å². The van der Waals surface area contributed by atoms with Crippen molar-refractivity contribution in [3.63, 3.8) is 0 Å². The molecular formula is C20H29NO4. The number of aromatic hydroxyl groups is 1. The molecule has 0 aromatic heterocycles. The lowest BCUT2D eigenvalue weighted by Crippen LogP contribution is -2.44. The summed E-state index contributed by atoms with van der Waals surface area (Å²) >= 11 is 0. The smallest absolute Gasteiger partial charge is 0.251 e. The van der Waals surface area contributed by atoms with Crippen LogP contribution in [0.15, 0.2) is 24.3 Å². The van der Waals surface area contributed by atoms with Gasteiger partial charge in [-0.2, -0.15) is 0 Å². The molecule has 5 heteroatoms. The van der Waals surface area contributed by atoms with Gasteiger partial charge in [-0.3, -0.25) is 4.79 Å². The van der Waals surface area contributed by atoms with Gasteiger partial charge in [-0.1, -0.05) is 12.1 Å². The van der Waals surface area contributed by atoms with Crippen molar-refractivity contribution in [1.82, 2.24) is 4.90 Å². The summed E-state index contributed by atoms with van der Waals surface area (Å²) in [5.74, 6) is 0.834. The maximum Gasteiger partial charge on any atom is 0.251 e. The van der Waals surface area contributed by atoms with Crippen molar-refractivity contribution in [1.29, 1.82) is 0 Å². The summed E-state index contributed by atoms with van der Waals surface area (Å²) in [7, 11) is 0. The molecule has 0 radical (unpaired) electrons. The number of piperidine rings is 1. The Morgan fingerprint density at radius 3 is 2.60 bits per heavy atom. The summed E-state index contributed by atoms with van der Waals surface area (Å²) in [6.45, 7) is 4.69. The van der Waals surface area contributed by atoms with Crippen LogP contribution in [0.25, 0.3) is 0 Å². The fraction of sp³-hybridized carbons (Fsp3) is 0.650. The van der Waals surface area contributed by atoms with Gasteiger partial charge in [0.2, 0.25) is 0 Å².